The van der Waals surface area contributed by atoms with E-state index in [0.717, 1.165) is 16.6 Å². The van der Waals surface area contributed by atoms with Gasteiger partial charge in [-0.05, 0) is 31.5 Å². The molecule has 1 unspecified atom stereocenters. The van der Waals surface area contributed by atoms with Crippen LogP contribution in [-0.4, -0.2) is 22.6 Å². The number of nitrogens with zero attached hydrogens (tertiary/aromatic N) is 1. The second kappa shape index (κ2) is 4.78. The number of hydrogen-bond acceptors (Lipinski definition) is 3. The fourth-order valence-electron chi connectivity index (χ4n) is 1.70. The lowest BCUT2D eigenvalue weighted by molar-refractivity contribution is -0.124. The van der Waals surface area contributed by atoms with Crippen LogP contribution in [0.1, 0.15) is 20.3 Å². The molecule has 18 heavy (non-hydrogen) atoms. The maximum absolute atomic E-state index is 12.2. The van der Waals surface area contributed by atoms with Gasteiger partial charge < -0.3 is 11.1 Å². The molecule has 1 heterocycles. The van der Waals surface area contributed by atoms with Crippen molar-refractivity contribution in [2.45, 2.75) is 20.3 Å². The van der Waals surface area contributed by atoms with Crippen LogP contribution < -0.4 is 11.1 Å². The first-order chi connectivity index (χ1) is 8.59. The van der Waals surface area contributed by atoms with Crippen LogP contribution in [0.2, 0.25) is 0 Å². The van der Waals surface area contributed by atoms with Crippen LogP contribution in [-0.2, 0) is 4.79 Å². The SMILES string of the molecule is CCC(C)(CN)C(=O)Nc1ccc2[nH]ncc2c1. The van der Waals surface area contributed by atoms with E-state index >= 15 is 0 Å². The lowest BCUT2D eigenvalue weighted by atomic mass is 9.86. The zero-order valence-electron chi connectivity index (χ0n) is 10.7. The summed E-state index contributed by atoms with van der Waals surface area (Å²) in [7, 11) is 0. The Hall–Kier alpha value is -1.88. The number of nitrogens with one attached hydrogen (secondary N) is 2. The Bertz CT molecular complexity index is 557. The molecule has 5 nitrogen and oxygen atoms in total. The molecule has 1 aromatic carbocycles. The molecule has 0 bridgehead atoms. The Morgan fingerprint density at radius 2 is 2.33 bits per heavy atom. The van der Waals surface area contributed by atoms with Gasteiger partial charge in [0, 0.05) is 17.6 Å². The highest BCUT2D eigenvalue weighted by Crippen LogP contribution is 2.23. The van der Waals surface area contributed by atoms with Gasteiger partial charge in [-0.15, -0.1) is 0 Å². The van der Waals surface area contributed by atoms with Crippen LogP contribution in [0.15, 0.2) is 24.4 Å². The summed E-state index contributed by atoms with van der Waals surface area (Å²) in [6.45, 7) is 4.17. The number of carbonyl (C=O) groups is 1. The molecule has 96 valence electrons. The van der Waals surface area contributed by atoms with Crippen LogP contribution in [0, 0.1) is 5.41 Å². The largest absolute Gasteiger partial charge is 0.329 e. The van der Waals surface area contributed by atoms with Gasteiger partial charge in [0.05, 0.1) is 17.1 Å². The van der Waals surface area contributed by atoms with Crippen molar-refractivity contribution in [3.05, 3.63) is 24.4 Å². The molecule has 0 radical (unpaired) electrons. The maximum atomic E-state index is 12.2. The van der Waals surface area contributed by atoms with Crippen molar-refractivity contribution >= 4 is 22.5 Å². The fraction of sp³-hybridized carbons (Fsp3) is 0.385. The zero-order chi connectivity index (χ0) is 13.2. The van der Waals surface area contributed by atoms with E-state index in [4.69, 9.17) is 5.73 Å². The van der Waals surface area contributed by atoms with E-state index in [0.29, 0.717) is 13.0 Å². The summed E-state index contributed by atoms with van der Waals surface area (Å²) < 4.78 is 0. The number of fused-ring (bicyclic) bond motifs is 1. The highest BCUT2D eigenvalue weighted by Gasteiger charge is 2.29. The van der Waals surface area contributed by atoms with Crippen LogP contribution in [0.25, 0.3) is 10.9 Å². The van der Waals surface area contributed by atoms with E-state index in [-0.39, 0.29) is 5.91 Å². The summed E-state index contributed by atoms with van der Waals surface area (Å²) in [5.41, 5.74) is 6.86. The number of aromatic nitrogens is 2. The van der Waals surface area contributed by atoms with Gasteiger partial charge in [-0.2, -0.15) is 5.10 Å². The minimum Gasteiger partial charge on any atom is -0.329 e. The molecule has 0 aliphatic carbocycles. The number of nitrogens with two attached hydrogens (primary N) is 1. The average molecular weight is 246 g/mol. The molecule has 4 N–H and O–H groups in total. The fourth-order valence-corrected chi connectivity index (χ4v) is 1.70. The van der Waals surface area contributed by atoms with Gasteiger partial charge in [0.15, 0.2) is 0 Å². The van der Waals surface area contributed by atoms with Gasteiger partial charge >= 0.3 is 0 Å². The number of aromatic amines is 1. The predicted molar refractivity (Wildman–Crippen MR) is 72.2 cm³/mol. The van der Waals surface area contributed by atoms with Crippen molar-refractivity contribution < 1.29 is 4.79 Å². The monoisotopic (exact) mass is 246 g/mol. The molecule has 0 aliphatic rings. The molecule has 0 saturated heterocycles. The van der Waals surface area contributed by atoms with Crippen molar-refractivity contribution in [2.75, 3.05) is 11.9 Å². The Morgan fingerprint density at radius 3 is 3.00 bits per heavy atom. The van der Waals surface area contributed by atoms with E-state index in [1.807, 2.05) is 32.0 Å². The molecule has 1 atom stereocenters. The summed E-state index contributed by atoms with van der Waals surface area (Å²) in [6.07, 6.45) is 2.44. The van der Waals surface area contributed by atoms with Crippen molar-refractivity contribution in [1.29, 1.82) is 0 Å². The van der Waals surface area contributed by atoms with E-state index < -0.39 is 5.41 Å². The number of benzene rings is 1. The Morgan fingerprint density at radius 1 is 1.56 bits per heavy atom. The van der Waals surface area contributed by atoms with Crippen molar-refractivity contribution in [3.63, 3.8) is 0 Å². The summed E-state index contributed by atoms with van der Waals surface area (Å²) in [5, 5.41) is 10.7. The normalized spacial score (nSPS) is 14.4. The highest BCUT2D eigenvalue weighted by molar-refractivity contribution is 5.97. The predicted octanol–water partition coefficient (Wildman–Crippen LogP) is 1.88. The minimum absolute atomic E-state index is 0.0460. The Labute approximate surface area is 106 Å². The molecule has 0 fully saturated rings. The van der Waals surface area contributed by atoms with Crippen LogP contribution in [0.5, 0.6) is 0 Å². The third-order valence-corrected chi connectivity index (χ3v) is 3.48. The Balaban J connectivity index is 2.20. The number of H-pyrrole nitrogens is 1. The van der Waals surface area contributed by atoms with E-state index in [2.05, 4.69) is 15.5 Å². The summed E-state index contributed by atoms with van der Waals surface area (Å²) in [6, 6.07) is 5.64. The molecular weight excluding hydrogens is 228 g/mol. The molecule has 0 spiro atoms. The standard InChI is InChI=1S/C13H18N4O/c1-3-13(2,8-14)12(18)16-10-4-5-11-9(6-10)7-15-17-11/h4-7H,3,8,14H2,1-2H3,(H,15,17)(H,16,18). The molecule has 1 amide bonds. The lowest BCUT2D eigenvalue weighted by Gasteiger charge is -2.24. The highest BCUT2D eigenvalue weighted by atomic mass is 16.2. The molecule has 0 saturated carbocycles. The van der Waals surface area contributed by atoms with Crippen LogP contribution in [0.4, 0.5) is 5.69 Å². The van der Waals surface area contributed by atoms with Gasteiger partial charge in [-0.25, -0.2) is 0 Å². The summed E-state index contributed by atoms with van der Waals surface area (Å²) >= 11 is 0. The number of hydrogen-bond donors (Lipinski definition) is 3. The third kappa shape index (κ3) is 2.22. The summed E-state index contributed by atoms with van der Waals surface area (Å²) in [5.74, 6) is -0.0460. The van der Waals surface area contributed by atoms with Crippen molar-refractivity contribution in [2.24, 2.45) is 11.1 Å². The van der Waals surface area contributed by atoms with Gasteiger partial charge in [0.1, 0.15) is 0 Å². The smallest absolute Gasteiger partial charge is 0.231 e. The number of carbonyl (C=O) groups excluding carboxylic acids is 1. The first-order valence-corrected chi connectivity index (χ1v) is 6.04. The minimum atomic E-state index is -0.522. The average Bonchev–Trinajstić information content (AvgIpc) is 2.85. The lowest BCUT2D eigenvalue weighted by Crippen LogP contribution is -2.39. The van der Waals surface area contributed by atoms with Crippen LogP contribution in [0.3, 0.4) is 0 Å². The number of rotatable bonds is 4. The van der Waals surface area contributed by atoms with Crippen LogP contribution >= 0.6 is 0 Å². The van der Waals surface area contributed by atoms with E-state index in [1.165, 1.54) is 0 Å². The second-order valence-electron chi connectivity index (χ2n) is 4.74. The number of anilines is 1. The van der Waals surface area contributed by atoms with Crippen molar-refractivity contribution in [3.8, 4) is 0 Å². The topological polar surface area (TPSA) is 83.8 Å². The third-order valence-electron chi connectivity index (χ3n) is 3.48. The zero-order valence-corrected chi connectivity index (χ0v) is 10.7. The molecular formula is C13H18N4O. The molecule has 0 aliphatic heterocycles. The molecule has 1 aromatic heterocycles. The second-order valence-corrected chi connectivity index (χ2v) is 4.74. The first kappa shape index (κ1) is 12.6. The Kier molecular flexibility index (Phi) is 3.34. The van der Waals surface area contributed by atoms with Gasteiger partial charge in [0.2, 0.25) is 5.91 Å². The molecule has 5 heteroatoms. The van der Waals surface area contributed by atoms with E-state index in [1.54, 1.807) is 6.20 Å². The van der Waals surface area contributed by atoms with Crippen molar-refractivity contribution in [1.82, 2.24) is 10.2 Å². The maximum Gasteiger partial charge on any atom is 0.231 e. The van der Waals surface area contributed by atoms with Gasteiger partial charge in [-0.3, -0.25) is 9.89 Å². The molecule has 2 rings (SSSR count). The molecule has 2 aromatic rings. The first-order valence-electron chi connectivity index (χ1n) is 6.04. The van der Waals surface area contributed by atoms with E-state index in [9.17, 15) is 4.79 Å². The number of amides is 1. The summed E-state index contributed by atoms with van der Waals surface area (Å²) in [4.78, 5) is 12.2. The van der Waals surface area contributed by atoms with Gasteiger partial charge in [-0.1, -0.05) is 6.92 Å². The quantitative estimate of drug-likeness (QED) is 0.770. The van der Waals surface area contributed by atoms with Gasteiger partial charge in [0.25, 0.3) is 0 Å².